The van der Waals surface area contributed by atoms with E-state index in [9.17, 15) is 14.4 Å². The summed E-state index contributed by atoms with van der Waals surface area (Å²) in [5.41, 5.74) is 3.06. The number of fused-ring (bicyclic) bond motifs is 1. The summed E-state index contributed by atoms with van der Waals surface area (Å²) in [5.74, 6) is -1.45. The van der Waals surface area contributed by atoms with Crippen LogP contribution in [0.3, 0.4) is 0 Å². The largest absolute Gasteiger partial charge is 0.477 e. The predicted molar refractivity (Wildman–Crippen MR) is 129 cm³/mol. The van der Waals surface area contributed by atoms with Crippen molar-refractivity contribution >= 4 is 28.5 Å². The van der Waals surface area contributed by atoms with Gasteiger partial charge in [-0.1, -0.05) is 42.5 Å². The Labute approximate surface area is 190 Å². The highest BCUT2D eigenvalue weighted by Gasteiger charge is 2.13. The molecule has 166 valence electrons. The van der Waals surface area contributed by atoms with Gasteiger partial charge in [0.2, 0.25) is 5.43 Å². The molecule has 4 rings (SSSR count). The van der Waals surface area contributed by atoms with Crippen LogP contribution >= 0.6 is 0 Å². The van der Waals surface area contributed by atoms with Crippen molar-refractivity contribution in [3.63, 3.8) is 0 Å². The minimum Gasteiger partial charge on any atom is -0.477 e. The molecular weight excluding hydrogens is 418 g/mol. The molecule has 1 aromatic heterocycles. The van der Waals surface area contributed by atoms with Crippen molar-refractivity contribution < 1.29 is 14.7 Å². The number of hydrogen-bond donors (Lipinski definition) is 4. The maximum atomic E-state index is 12.6. The van der Waals surface area contributed by atoms with Crippen LogP contribution in [0.15, 0.2) is 83.8 Å². The first-order valence-electron chi connectivity index (χ1n) is 10.5. The van der Waals surface area contributed by atoms with Gasteiger partial charge >= 0.3 is 5.97 Å². The Kier molecular flexibility index (Phi) is 6.22. The summed E-state index contributed by atoms with van der Waals surface area (Å²) in [6.07, 6.45) is 1.20. The van der Waals surface area contributed by atoms with Crippen LogP contribution in [-0.4, -0.2) is 34.6 Å². The number of H-pyrrole nitrogens is 1. The van der Waals surface area contributed by atoms with Crippen LogP contribution < -0.4 is 16.1 Å². The number of carbonyl (C=O) groups excluding carboxylic acids is 1. The Hall–Kier alpha value is -4.39. The van der Waals surface area contributed by atoms with Gasteiger partial charge in [-0.2, -0.15) is 0 Å². The van der Waals surface area contributed by atoms with Crippen LogP contribution in [0.1, 0.15) is 27.6 Å². The molecular formula is C26H23N3O4. The zero-order valence-electron chi connectivity index (χ0n) is 18.0. The van der Waals surface area contributed by atoms with E-state index in [4.69, 9.17) is 5.11 Å². The van der Waals surface area contributed by atoms with Gasteiger partial charge in [0.15, 0.2) is 0 Å². The molecule has 0 spiro atoms. The van der Waals surface area contributed by atoms with E-state index in [1.54, 1.807) is 30.3 Å². The molecule has 0 aliphatic heterocycles. The van der Waals surface area contributed by atoms with Gasteiger partial charge in [0.05, 0.1) is 0 Å². The lowest BCUT2D eigenvalue weighted by Gasteiger charge is -2.16. The van der Waals surface area contributed by atoms with Gasteiger partial charge in [0.25, 0.3) is 5.91 Å². The molecule has 1 atom stereocenters. The quantitative estimate of drug-likeness (QED) is 0.345. The van der Waals surface area contributed by atoms with Crippen LogP contribution in [0.25, 0.3) is 22.0 Å². The SMILES string of the molecule is CC(CNc1ccc2[nH]cc(C(=O)O)c(=O)c2c1)NC(=O)c1ccc(-c2ccccc2)cc1. The van der Waals surface area contributed by atoms with E-state index >= 15 is 0 Å². The second-order valence-electron chi connectivity index (χ2n) is 7.80. The van der Waals surface area contributed by atoms with Gasteiger partial charge < -0.3 is 20.7 Å². The lowest BCUT2D eigenvalue weighted by atomic mass is 10.0. The second kappa shape index (κ2) is 9.40. The van der Waals surface area contributed by atoms with Gasteiger partial charge in [-0.3, -0.25) is 9.59 Å². The van der Waals surface area contributed by atoms with Gasteiger partial charge in [-0.05, 0) is 48.4 Å². The van der Waals surface area contributed by atoms with E-state index in [0.29, 0.717) is 23.3 Å². The first-order chi connectivity index (χ1) is 15.9. The molecule has 0 fully saturated rings. The highest BCUT2D eigenvalue weighted by Crippen LogP contribution is 2.19. The van der Waals surface area contributed by atoms with E-state index in [1.165, 1.54) is 6.20 Å². The number of nitrogens with one attached hydrogen (secondary N) is 3. The summed E-state index contributed by atoms with van der Waals surface area (Å²) < 4.78 is 0. The van der Waals surface area contributed by atoms with Gasteiger partial charge in [0, 0.05) is 40.9 Å². The summed E-state index contributed by atoms with van der Waals surface area (Å²) in [6.45, 7) is 2.30. The standard InChI is InChI=1S/C26H23N3O4/c1-16(29-25(31)19-9-7-18(8-10-19)17-5-3-2-4-6-17)14-27-20-11-12-23-21(13-20)24(30)22(15-28-23)26(32)33/h2-13,15-16,27H,14H2,1H3,(H,28,30)(H,29,31)(H,32,33). The molecule has 7 nitrogen and oxygen atoms in total. The zero-order valence-corrected chi connectivity index (χ0v) is 18.0. The fraction of sp³-hybridized carbons (Fsp3) is 0.115. The highest BCUT2D eigenvalue weighted by atomic mass is 16.4. The minimum atomic E-state index is -1.27. The topological polar surface area (TPSA) is 111 Å². The van der Waals surface area contributed by atoms with Crippen molar-refractivity contribution in [3.8, 4) is 11.1 Å². The van der Waals surface area contributed by atoms with E-state index in [2.05, 4.69) is 15.6 Å². The van der Waals surface area contributed by atoms with E-state index in [1.807, 2.05) is 49.4 Å². The number of pyridine rings is 1. The predicted octanol–water partition coefficient (Wildman–Crippen LogP) is 4.12. The number of carboxylic acids is 1. The van der Waals surface area contributed by atoms with Crippen molar-refractivity contribution in [2.75, 3.05) is 11.9 Å². The number of anilines is 1. The normalized spacial score (nSPS) is 11.7. The van der Waals surface area contributed by atoms with Crippen LogP contribution in [0.2, 0.25) is 0 Å². The number of amides is 1. The Bertz CT molecular complexity index is 1360. The fourth-order valence-electron chi connectivity index (χ4n) is 3.56. The number of hydrogen-bond acceptors (Lipinski definition) is 4. The van der Waals surface area contributed by atoms with Gasteiger partial charge in [-0.15, -0.1) is 0 Å². The Morgan fingerprint density at radius 3 is 2.36 bits per heavy atom. The first-order valence-corrected chi connectivity index (χ1v) is 10.5. The van der Waals surface area contributed by atoms with E-state index in [0.717, 1.165) is 11.1 Å². The highest BCUT2D eigenvalue weighted by molar-refractivity contribution is 5.95. The number of aromatic amines is 1. The average molecular weight is 441 g/mol. The third-order valence-corrected chi connectivity index (χ3v) is 5.36. The van der Waals surface area contributed by atoms with Crippen LogP contribution in [0.4, 0.5) is 5.69 Å². The smallest absolute Gasteiger partial charge is 0.341 e. The van der Waals surface area contributed by atoms with Crippen molar-refractivity contribution in [2.45, 2.75) is 13.0 Å². The second-order valence-corrected chi connectivity index (χ2v) is 7.80. The average Bonchev–Trinajstić information content (AvgIpc) is 2.83. The molecule has 0 bridgehead atoms. The summed E-state index contributed by atoms with van der Waals surface area (Å²) in [6, 6.07) is 22.3. The molecule has 7 heteroatoms. The molecule has 1 amide bonds. The van der Waals surface area contributed by atoms with Crippen LogP contribution in [-0.2, 0) is 0 Å². The molecule has 0 saturated carbocycles. The van der Waals surface area contributed by atoms with Gasteiger partial charge in [0.1, 0.15) is 5.56 Å². The van der Waals surface area contributed by atoms with Crippen LogP contribution in [0.5, 0.6) is 0 Å². The fourth-order valence-corrected chi connectivity index (χ4v) is 3.56. The molecule has 3 aromatic carbocycles. The first kappa shape index (κ1) is 21.8. The molecule has 1 heterocycles. The monoisotopic (exact) mass is 441 g/mol. The Morgan fingerprint density at radius 1 is 0.970 bits per heavy atom. The van der Waals surface area contributed by atoms with Crippen molar-refractivity contribution in [2.24, 2.45) is 0 Å². The number of benzene rings is 3. The van der Waals surface area contributed by atoms with Crippen molar-refractivity contribution in [3.05, 3.63) is 100 Å². The number of aromatic carboxylic acids is 1. The van der Waals surface area contributed by atoms with Crippen molar-refractivity contribution in [1.29, 1.82) is 0 Å². The maximum absolute atomic E-state index is 12.6. The summed E-state index contributed by atoms with van der Waals surface area (Å²) in [4.78, 5) is 39.0. The molecule has 0 radical (unpaired) electrons. The zero-order chi connectivity index (χ0) is 23.4. The summed E-state index contributed by atoms with van der Waals surface area (Å²) in [7, 11) is 0. The number of carbonyl (C=O) groups is 2. The molecule has 1 unspecified atom stereocenters. The lowest BCUT2D eigenvalue weighted by Crippen LogP contribution is -2.37. The molecule has 0 aliphatic rings. The Morgan fingerprint density at radius 2 is 1.67 bits per heavy atom. The number of aromatic nitrogens is 1. The summed E-state index contributed by atoms with van der Waals surface area (Å²) in [5, 5.41) is 15.6. The third kappa shape index (κ3) is 4.93. The molecule has 4 aromatic rings. The third-order valence-electron chi connectivity index (χ3n) is 5.36. The number of carboxylic acid groups (broad SMARTS) is 1. The van der Waals surface area contributed by atoms with Crippen LogP contribution in [0, 0.1) is 0 Å². The molecule has 0 saturated heterocycles. The lowest BCUT2D eigenvalue weighted by molar-refractivity contribution is 0.0695. The number of rotatable bonds is 7. The maximum Gasteiger partial charge on any atom is 0.341 e. The van der Waals surface area contributed by atoms with Crippen molar-refractivity contribution in [1.82, 2.24) is 10.3 Å². The van der Waals surface area contributed by atoms with E-state index in [-0.39, 0.29) is 22.9 Å². The van der Waals surface area contributed by atoms with Gasteiger partial charge in [-0.25, -0.2) is 4.79 Å². The summed E-state index contributed by atoms with van der Waals surface area (Å²) >= 11 is 0. The molecule has 0 aliphatic carbocycles. The molecule has 4 N–H and O–H groups in total. The Balaban J connectivity index is 1.39. The molecule has 33 heavy (non-hydrogen) atoms. The van der Waals surface area contributed by atoms with E-state index < -0.39 is 11.4 Å². The minimum absolute atomic E-state index is 0.176.